The summed E-state index contributed by atoms with van der Waals surface area (Å²) < 4.78 is 10.8. The second kappa shape index (κ2) is 8.68. The lowest BCUT2D eigenvalue weighted by atomic mass is 10.1. The molecule has 142 valence electrons. The molecule has 0 aromatic heterocycles. The van der Waals surface area contributed by atoms with Crippen LogP contribution in [-0.2, 0) is 6.54 Å². The molecule has 28 heavy (non-hydrogen) atoms. The van der Waals surface area contributed by atoms with Crippen LogP contribution in [0.3, 0.4) is 0 Å². The summed E-state index contributed by atoms with van der Waals surface area (Å²) in [5, 5.41) is 13.9. The van der Waals surface area contributed by atoms with Crippen LogP contribution < -0.4 is 14.8 Å². The molecule has 3 rings (SSSR count). The monoisotopic (exact) mass is 378 g/mol. The normalized spacial score (nSPS) is 10.2. The van der Waals surface area contributed by atoms with E-state index in [1.807, 2.05) is 54.6 Å². The number of hydrogen-bond acceptors (Lipinski definition) is 5. The van der Waals surface area contributed by atoms with E-state index in [9.17, 15) is 14.9 Å². The highest BCUT2D eigenvalue weighted by Crippen LogP contribution is 2.28. The van der Waals surface area contributed by atoms with Gasteiger partial charge < -0.3 is 14.8 Å². The third kappa shape index (κ3) is 4.45. The van der Waals surface area contributed by atoms with E-state index in [1.54, 1.807) is 0 Å². The van der Waals surface area contributed by atoms with Gasteiger partial charge >= 0.3 is 5.69 Å². The highest BCUT2D eigenvalue weighted by molar-refractivity contribution is 5.95. The average Bonchev–Trinajstić information content (AvgIpc) is 2.73. The topological polar surface area (TPSA) is 90.7 Å². The quantitative estimate of drug-likeness (QED) is 0.488. The standard InChI is InChI=1S/C21H18N2O5/c1-27-20-12-11-15(13-18(20)23(25)26)21(24)22-14-16-7-5-6-10-19(16)28-17-8-3-2-4-9-17/h2-13H,14H2,1H3,(H,22,24). The second-order valence-electron chi connectivity index (χ2n) is 5.85. The van der Waals surface area contributed by atoms with Crippen molar-refractivity contribution < 1.29 is 19.2 Å². The fourth-order valence-corrected chi connectivity index (χ4v) is 2.62. The molecule has 0 bridgehead atoms. The highest BCUT2D eigenvalue weighted by atomic mass is 16.6. The van der Waals surface area contributed by atoms with Crippen LogP contribution in [0.1, 0.15) is 15.9 Å². The van der Waals surface area contributed by atoms with Gasteiger partial charge in [0.25, 0.3) is 5.91 Å². The van der Waals surface area contributed by atoms with Gasteiger partial charge in [-0.3, -0.25) is 14.9 Å². The Balaban J connectivity index is 1.73. The van der Waals surface area contributed by atoms with E-state index >= 15 is 0 Å². The molecule has 0 spiro atoms. The minimum atomic E-state index is -0.585. The van der Waals surface area contributed by atoms with Gasteiger partial charge in [0, 0.05) is 23.7 Å². The summed E-state index contributed by atoms with van der Waals surface area (Å²) in [6.07, 6.45) is 0. The fourth-order valence-electron chi connectivity index (χ4n) is 2.62. The fraction of sp³-hybridized carbons (Fsp3) is 0.0952. The van der Waals surface area contributed by atoms with E-state index in [1.165, 1.54) is 25.3 Å². The van der Waals surface area contributed by atoms with Gasteiger partial charge in [-0.25, -0.2) is 0 Å². The van der Waals surface area contributed by atoms with Crippen LogP contribution in [0.2, 0.25) is 0 Å². The van der Waals surface area contributed by atoms with Crippen LogP contribution in [0.15, 0.2) is 72.8 Å². The third-order valence-corrected chi connectivity index (χ3v) is 4.02. The van der Waals surface area contributed by atoms with E-state index in [2.05, 4.69) is 5.32 Å². The largest absolute Gasteiger partial charge is 0.490 e. The van der Waals surface area contributed by atoms with E-state index in [0.717, 1.165) is 5.56 Å². The van der Waals surface area contributed by atoms with E-state index in [-0.39, 0.29) is 23.5 Å². The van der Waals surface area contributed by atoms with Gasteiger partial charge in [0.05, 0.1) is 12.0 Å². The first-order chi connectivity index (χ1) is 13.6. The van der Waals surface area contributed by atoms with Crippen molar-refractivity contribution in [3.63, 3.8) is 0 Å². The molecule has 0 fully saturated rings. The maximum atomic E-state index is 12.4. The minimum Gasteiger partial charge on any atom is -0.490 e. The Morgan fingerprint density at radius 3 is 2.43 bits per heavy atom. The van der Waals surface area contributed by atoms with Gasteiger partial charge in [-0.2, -0.15) is 0 Å². The van der Waals surface area contributed by atoms with E-state index in [0.29, 0.717) is 11.5 Å². The molecule has 7 nitrogen and oxygen atoms in total. The van der Waals surface area contributed by atoms with Crippen molar-refractivity contribution in [1.82, 2.24) is 5.32 Å². The van der Waals surface area contributed by atoms with Gasteiger partial charge in [-0.15, -0.1) is 0 Å². The number of carbonyl (C=O) groups excluding carboxylic acids is 1. The van der Waals surface area contributed by atoms with Crippen LogP contribution in [0.4, 0.5) is 5.69 Å². The zero-order valence-corrected chi connectivity index (χ0v) is 15.1. The van der Waals surface area contributed by atoms with Gasteiger partial charge in [0.15, 0.2) is 5.75 Å². The minimum absolute atomic E-state index is 0.100. The van der Waals surface area contributed by atoms with Crippen molar-refractivity contribution in [1.29, 1.82) is 0 Å². The number of benzene rings is 3. The zero-order valence-electron chi connectivity index (χ0n) is 15.1. The lowest BCUT2D eigenvalue weighted by Gasteiger charge is -2.12. The molecule has 0 radical (unpaired) electrons. The van der Waals surface area contributed by atoms with E-state index < -0.39 is 10.8 Å². The van der Waals surface area contributed by atoms with Crippen molar-refractivity contribution in [2.45, 2.75) is 6.54 Å². The van der Waals surface area contributed by atoms with Crippen molar-refractivity contribution in [3.8, 4) is 17.2 Å². The first-order valence-corrected chi connectivity index (χ1v) is 8.50. The maximum Gasteiger partial charge on any atom is 0.311 e. The molecule has 0 aliphatic carbocycles. The number of methoxy groups -OCH3 is 1. The number of carbonyl (C=O) groups is 1. The number of nitro groups is 1. The van der Waals surface area contributed by atoms with Crippen molar-refractivity contribution in [3.05, 3.63) is 94.0 Å². The zero-order chi connectivity index (χ0) is 19.9. The molecule has 3 aromatic carbocycles. The number of nitrogens with one attached hydrogen (secondary N) is 1. The molecule has 1 N–H and O–H groups in total. The molecule has 0 saturated heterocycles. The predicted octanol–water partition coefficient (Wildman–Crippen LogP) is 4.33. The molecule has 0 aliphatic heterocycles. The summed E-state index contributed by atoms with van der Waals surface area (Å²) in [5.74, 6) is 0.977. The SMILES string of the molecule is COc1ccc(C(=O)NCc2ccccc2Oc2ccccc2)cc1[N+](=O)[O-]. The number of para-hydroxylation sites is 2. The Morgan fingerprint density at radius 2 is 1.71 bits per heavy atom. The van der Waals surface area contributed by atoms with Crippen molar-refractivity contribution in [2.24, 2.45) is 0 Å². The smallest absolute Gasteiger partial charge is 0.311 e. The van der Waals surface area contributed by atoms with Crippen LogP contribution in [0, 0.1) is 10.1 Å². The molecule has 0 heterocycles. The van der Waals surface area contributed by atoms with E-state index in [4.69, 9.17) is 9.47 Å². The van der Waals surface area contributed by atoms with Crippen LogP contribution in [-0.4, -0.2) is 17.9 Å². The van der Waals surface area contributed by atoms with Gasteiger partial charge in [-0.1, -0.05) is 36.4 Å². The van der Waals surface area contributed by atoms with Crippen molar-refractivity contribution >= 4 is 11.6 Å². The van der Waals surface area contributed by atoms with Crippen LogP contribution in [0.25, 0.3) is 0 Å². The summed E-state index contributed by atoms with van der Waals surface area (Å²) in [6, 6.07) is 20.7. The van der Waals surface area contributed by atoms with Crippen LogP contribution in [0.5, 0.6) is 17.2 Å². The first-order valence-electron chi connectivity index (χ1n) is 8.50. The summed E-state index contributed by atoms with van der Waals surface area (Å²) in [7, 11) is 1.34. The van der Waals surface area contributed by atoms with Gasteiger partial charge in [0.1, 0.15) is 11.5 Å². The molecule has 0 aliphatic rings. The lowest BCUT2D eigenvalue weighted by Crippen LogP contribution is -2.23. The molecule has 1 amide bonds. The summed E-state index contributed by atoms with van der Waals surface area (Å²) in [4.78, 5) is 23.0. The van der Waals surface area contributed by atoms with Gasteiger partial charge in [-0.05, 0) is 30.3 Å². The molecule has 0 saturated carbocycles. The molecule has 7 heteroatoms. The number of amides is 1. The Bertz CT molecular complexity index is 989. The predicted molar refractivity (Wildman–Crippen MR) is 104 cm³/mol. The number of nitrogens with zero attached hydrogens (tertiary/aromatic N) is 1. The Morgan fingerprint density at radius 1 is 1.00 bits per heavy atom. The number of hydrogen-bond donors (Lipinski definition) is 1. The van der Waals surface area contributed by atoms with Gasteiger partial charge in [0.2, 0.25) is 0 Å². The third-order valence-electron chi connectivity index (χ3n) is 4.02. The summed E-state index contributed by atoms with van der Waals surface area (Å²) >= 11 is 0. The molecular formula is C21H18N2O5. The second-order valence-corrected chi connectivity index (χ2v) is 5.85. The number of ether oxygens (including phenoxy) is 2. The Hall–Kier alpha value is -3.87. The summed E-state index contributed by atoms with van der Waals surface area (Å²) in [6.45, 7) is 0.210. The summed E-state index contributed by atoms with van der Waals surface area (Å²) in [5.41, 5.74) is 0.694. The average molecular weight is 378 g/mol. The Kier molecular flexibility index (Phi) is 5.86. The number of nitro benzene ring substituents is 1. The lowest BCUT2D eigenvalue weighted by molar-refractivity contribution is -0.385. The first kappa shape index (κ1) is 18.9. The molecule has 3 aromatic rings. The molecular weight excluding hydrogens is 360 g/mol. The Labute approximate surface area is 161 Å². The highest BCUT2D eigenvalue weighted by Gasteiger charge is 2.18. The molecule has 0 atom stereocenters. The maximum absolute atomic E-state index is 12.4. The van der Waals surface area contributed by atoms with Crippen molar-refractivity contribution in [2.75, 3.05) is 7.11 Å². The van der Waals surface area contributed by atoms with Crippen LogP contribution >= 0.6 is 0 Å². The number of rotatable bonds is 7. The molecule has 0 unspecified atom stereocenters.